The number of halogens is 2. The van der Waals surface area contributed by atoms with Crippen LogP contribution >= 0.6 is 0 Å². The van der Waals surface area contributed by atoms with E-state index in [0.29, 0.717) is 6.54 Å². The van der Waals surface area contributed by atoms with Crippen molar-refractivity contribution >= 4 is 0 Å². The maximum atomic E-state index is 13.5. The first-order valence-corrected chi connectivity index (χ1v) is 7.05. The fraction of sp³-hybridized carbons (Fsp3) is 0.600. The Kier molecular flexibility index (Phi) is 4.88. The van der Waals surface area contributed by atoms with Gasteiger partial charge in [0.05, 0.1) is 0 Å². The van der Waals surface area contributed by atoms with Crippen LogP contribution in [-0.4, -0.2) is 24.5 Å². The molecule has 0 amide bonds. The van der Waals surface area contributed by atoms with Crippen LogP contribution in [0.3, 0.4) is 0 Å². The van der Waals surface area contributed by atoms with Gasteiger partial charge in [0, 0.05) is 12.1 Å². The van der Waals surface area contributed by atoms with E-state index in [-0.39, 0.29) is 12.0 Å². The van der Waals surface area contributed by atoms with Gasteiger partial charge in [-0.05, 0) is 56.1 Å². The third-order valence-electron chi connectivity index (χ3n) is 4.05. The SMILES string of the molecule is CCN1CCCCC(CN)C1c1cc(F)cc(F)c1. The Labute approximate surface area is 113 Å². The Morgan fingerprint density at radius 1 is 1.21 bits per heavy atom. The van der Waals surface area contributed by atoms with E-state index in [1.165, 1.54) is 12.1 Å². The highest BCUT2D eigenvalue weighted by atomic mass is 19.1. The number of nitrogens with zero attached hydrogens (tertiary/aromatic N) is 1. The molecule has 2 nitrogen and oxygen atoms in total. The summed E-state index contributed by atoms with van der Waals surface area (Å²) in [6, 6.07) is 3.85. The molecule has 1 aromatic carbocycles. The summed E-state index contributed by atoms with van der Waals surface area (Å²) in [5.41, 5.74) is 6.60. The van der Waals surface area contributed by atoms with Gasteiger partial charge in [0.15, 0.2) is 0 Å². The van der Waals surface area contributed by atoms with Crippen LogP contribution in [0.15, 0.2) is 18.2 Å². The summed E-state index contributed by atoms with van der Waals surface area (Å²) in [7, 11) is 0. The second-order valence-electron chi connectivity index (χ2n) is 5.27. The molecule has 0 radical (unpaired) electrons. The van der Waals surface area contributed by atoms with E-state index in [0.717, 1.165) is 44.0 Å². The molecule has 1 heterocycles. The molecular weight excluding hydrogens is 246 g/mol. The van der Waals surface area contributed by atoms with Crippen molar-refractivity contribution < 1.29 is 8.78 Å². The molecule has 1 aliphatic rings. The van der Waals surface area contributed by atoms with Gasteiger partial charge in [-0.3, -0.25) is 4.90 Å². The van der Waals surface area contributed by atoms with Crippen LogP contribution in [0.25, 0.3) is 0 Å². The minimum absolute atomic E-state index is 0.0303. The van der Waals surface area contributed by atoms with Gasteiger partial charge in [-0.25, -0.2) is 8.78 Å². The molecule has 106 valence electrons. The first-order valence-electron chi connectivity index (χ1n) is 7.05. The van der Waals surface area contributed by atoms with Gasteiger partial charge in [-0.15, -0.1) is 0 Å². The molecular formula is C15H22F2N2. The number of rotatable bonds is 3. The first kappa shape index (κ1) is 14.4. The number of hydrogen-bond donors (Lipinski definition) is 1. The van der Waals surface area contributed by atoms with Gasteiger partial charge in [0.1, 0.15) is 11.6 Å². The standard InChI is InChI=1S/C15H22F2N2/c1-2-19-6-4-3-5-11(10-18)15(19)12-7-13(16)9-14(17)8-12/h7-9,11,15H,2-6,10,18H2,1H3. The molecule has 0 aromatic heterocycles. The predicted molar refractivity (Wildman–Crippen MR) is 72.7 cm³/mol. The lowest BCUT2D eigenvalue weighted by molar-refractivity contribution is 0.166. The highest BCUT2D eigenvalue weighted by Crippen LogP contribution is 2.35. The van der Waals surface area contributed by atoms with Crippen LogP contribution in [0.4, 0.5) is 8.78 Å². The summed E-state index contributed by atoms with van der Waals surface area (Å²) in [5.74, 6) is -0.749. The Bertz CT molecular complexity index is 388. The number of likely N-dealkylation sites (tertiary alicyclic amines) is 1. The van der Waals surface area contributed by atoms with Gasteiger partial charge < -0.3 is 5.73 Å². The maximum absolute atomic E-state index is 13.5. The van der Waals surface area contributed by atoms with Crippen LogP contribution in [0.1, 0.15) is 37.8 Å². The summed E-state index contributed by atoms with van der Waals surface area (Å²) in [5, 5.41) is 0. The highest BCUT2D eigenvalue weighted by molar-refractivity contribution is 5.23. The molecule has 2 unspecified atom stereocenters. The van der Waals surface area contributed by atoms with Gasteiger partial charge in [0.25, 0.3) is 0 Å². The van der Waals surface area contributed by atoms with Crippen LogP contribution in [0.2, 0.25) is 0 Å². The molecule has 1 aliphatic heterocycles. The molecule has 1 aromatic rings. The fourth-order valence-electron chi connectivity index (χ4n) is 3.15. The van der Waals surface area contributed by atoms with Crippen molar-refractivity contribution in [1.82, 2.24) is 4.90 Å². The van der Waals surface area contributed by atoms with E-state index >= 15 is 0 Å². The Morgan fingerprint density at radius 3 is 2.47 bits per heavy atom. The largest absolute Gasteiger partial charge is 0.330 e. The quantitative estimate of drug-likeness (QED) is 0.912. The molecule has 2 atom stereocenters. The average Bonchev–Trinajstić information content (AvgIpc) is 2.58. The summed E-state index contributed by atoms with van der Waals surface area (Å²) in [4.78, 5) is 2.29. The van der Waals surface area contributed by atoms with E-state index in [1.807, 2.05) is 0 Å². The maximum Gasteiger partial charge on any atom is 0.126 e. The zero-order valence-electron chi connectivity index (χ0n) is 11.4. The minimum Gasteiger partial charge on any atom is -0.330 e. The number of nitrogens with two attached hydrogens (primary N) is 1. The lowest BCUT2D eigenvalue weighted by Gasteiger charge is -2.34. The Hall–Kier alpha value is -1.00. The summed E-state index contributed by atoms with van der Waals surface area (Å²) in [6.45, 7) is 4.48. The topological polar surface area (TPSA) is 29.3 Å². The van der Waals surface area contributed by atoms with Crippen molar-refractivity contribution in [2.75, 3.05) is 19.6 Å². The van der Waals surface area contributed by atoms with E-state index in [9.17, 15) is 8.78 Å². The molecule has 4 heteroatoms. The summed E-state index contributed by atoms with van der Waals surface area (Å²) in [6.07, 6.45) is 3.28. The van der Waals surface area contributed by atoms with Crippen LogP contribution < -0.4 is 5.73 Å². The molecule has 1 saturated heterocycles. The van der Waals surface area contributed by atoms with E-state index < -0.39 is 11.6 Å². The average molecular weight is 268 g/mol. The Balaban J connectivity index is 2.38. The molecule has 0 spiro atoms. The number of benzene rings is 1. The molecule has 0 bridgehead atoms. The number of hydrogen-bond acceptors (Lipinski definition) is 2. The van der Waals surface area contributed by atoms with E-state index in [2.05, 4.69) is 11.8 Å². The van der Waals surface area contributed by atoms with Gasteiger partial charge in [0.2, 0.25) is 0 Å². The van der Waals surface area contributed by atoms with Crippen molar-refractivity contribution in [2.24, 2.45) is 11.7 Å². The smallest absolute Gasteiger partial charge is 0.126 e. The second kappa shape index (κ2) is 6.44. The Morgan fingerprint density at radius 2 is 1.89 bits per heavy atom. The van der Waals surface area contributed by atoms with Crippen LogP contribution in [-0.2, 0) is 0 Å². The lowest BCUT2D eigenvalue weighted by Crippen LogP contribution is -2.35. The van der Waals surface area contributed by atoms with Gasteiger partial charge in [-0.1, -0.05) is 13.3 Å². The molecule has 0 aliphatic carbocycles. The zero-order chi connectivity index (χ0) is 13.8. The highest BCUT2D eigenvalue weighted by Gasteiger charge is 2.29. The van der Waals surface area contributed by atoms with Crippen molar-refractivity contribution in [3.63, 3.8) is 0 Å². The van der Waals surface area contributed by atoms with Crippen molar-refractivity contribution in [2.45, 2.75) is 32.2 Å². The molecule has 0 saturated carbocycles. The first-order chi connectivity index (χ1) is 9.15. The normalized spacial score (nSPS) is 25.3. The van der Waals surface area contributed by atoms with Gasteiger partial charge in [-0.2, -0.15) is 0 Å². The molecule has 1 fully saturated rings. The van der Waals surface area contributed by atoms with Crippen molar-refractivity contribution in [3.05, 3.63) is 35.4 Å². The third kappa shape index (κ3) is 3.31. The predicted octanol–water partition coefficient (Wildman–Crippen LogP) is 3.09. The summed E-state index contributed by atoms with van der Waals surface area (Å²) >= 11 is 0. The second-order valence-corrected chi connectivity index (χ2v) is 5.27. The monoisotopic (exact) mass is 268 g/mol. The lowest BCUT2D eigenvalue weighted by atomic mass is 9.89. The fourth-order valence-corrected chi connectivity index (χ4v) is 3.15. The van der Waals surface area contributed by atoms with Gasteiger partial charge >= 0.3 is 0 Å². The minimum atomic E-state index is -0.508. The van der Waals surface area contributed by atoms with Crippen molar-refractivity contribution in [3.8, 4) is 0 Å². The van der Waals surface area contributed by atoms with Crippen molar-refractivity contribution in [1.29, 1.82) is 0 Å². The van der Waals surface area contributed by atoms with E-state index in [4.69, 9.17) is 5.73 Å². The third-order valence-corrected chi connectivity index (χ3v) is 4.05. The van der Waals surface area contributed by atoms with E-state index in [1.54, 1.807) is 0 Å². The molecule has 2 rings (SSSR count). The molecule has 2 N–H and O–H groups in total. The molecule has 19 heavy (non-hydrogen) atoms. The van der Waals surface area contributed by atoms with Crippen LogP contribution in [0.5, 0.6) is 0 Å². The zero-order valence-corrected chi connectivity index (χ0v) is 11.4. The summed E-state index contributed by atoms with van der Waals surface area (Å²) < 4.78 is 26.9. The van der Waals surface area contributed by atoms with Crippen LogP contribution in [0, 0.1) is 17.6 Å².